The Kier molecular flexibility index (Phi) is 5.29. The molecule has 2 rings (SSSR count). The van der Waals surface area contributed by atoms with Crippen molar-refractivity contribution < 1.29 is 4.79 Å². The average Bonchev–Trinajstić information content (AvgIpc) is 2.47. The quantitative estimate of drug-likeness (QED) is 0.751. The Labute approximate surface area is 119 Å². The van der Waals surface area contributed by atoms with Crippen molar-refractivity contribution in [1.29, 1.82) is 0 Å². The van der Waals surface area contributed by atoms with E-state index in [2.05, 4.69) is 20.8 Å². The molecule has 1 heterocycles. The molecule has 2 unspecified atom stereocenters. The molecule has 1 fully saturated rings. The molecular weight excluding hydrogens is 254 g/mol. The lowest BCUT2D eigenvalue weighted by Crippen LogP contribution is -2.37. The lowest BCUT2D eigenvalue weighted by molar-refractivity contribution is 0.0950. The summed E-state index contributed by atoms with van der Waals surface area (Å²) in [6, 6.07) is 3.74. The molecule has 0 aliphatic heterocycles. The molecule has 1 saturated carbocycles. The topological polar surface area (TPSA) is 92.9 Å². The third-order valence-electron chi connectivity index (χ3n) is 3.75. The summed E-state index contributed by atoms with van der Waals surface area (Å²) in [6.07, 6.45) is 4.76. The Balaban J connectivity index is 1.85. The van der Waals surface area contributed by atoms with Crippen LogP contribution < -0.4 is 16.4 Å². The van der Waals surface area contributed by atoms with E-state index in [1.54, 1.807) is 12.1 Å². The van der Waals surface area contributed by atoms with E-state index in [1.807, 2.05) is 6.92 Å². The Morgan fingerprint density at radius 2 is 2.15 bits per heavy atom. The van der Waals surface area contributed by atoms with E-state index in [0.717, 1.165) is 13.0 Å². The zero-order valence-electron chi connectivity index (χ0n) is 11.9. The minimum atomic E-state index is -0.194. The Morgan fingerprint density at radius 3 is 2.80 bits per heavy atom. The molecule has 0 spiro atoms. The first kappa shape index (κ1) is 14.7. The third-order valence-corrected chi connectivity index (χ3v) is 3.75. The van der Waals surface area contributed by atoms with Crippen LogP contribution in [0, 0.1) is 5.92 Å². The van der Waals surface area contributed by atoms with Crippen molar-refractivity contribution in [3.63, 3.8) is 0 Å². The normalized spacial score (nSPS) is 22.3. The summed E-state index contributed by atoms with van der Waals surface area (Å²) in [5.41, 5.74) is 6.45. The molecule has 4 N–H and O–H groups in total. The van der Waals surface area contributed by atoms with Crippen molar-refractivity contribution >= 4 is 11.7 Å². The third kappa shape index (κ3) is 3.90. The fourth-order valence-electron chi connectivity index (χ4n) is 2.52. The first-order valence-electron chi connectivity index (χ1n) is 7.32. The summed E-state index contributed by atoms with van der Waals surface area (Å²) in [6.45, 7) is 3.27. The summed E-state index contributed by atoms with van der Waals surface area (Å²) in [5.74, 6) is 0.991. The zero-order valence-corrected chi connectivity index (χ0v) is 11.9. The van der Waals surface area contributed by atoms with Crippen LogP contribution in [0.25, 0.3) is 0 Å². The molecule has 0 bridgehead atoms. The number of rotatable bonds is 5. The van der Waals surface area contributed by atoms with Gasteiger partial charge < -0.3 is 16.4 Å². The predicted octanol–water partition coefficient (Wildman–Crippen LogP) is 1.16. The molecule has 1 aliphatic carbocycles. The molecule has 2 atom stereocenters. The van der Waals surface area contributed by atoms with Gasteiger partial charge in [-0.1, -0.05) is 12.8 Å². The second kappa shape index (κ2) is 7.19. The fourth-order valence-corrected chi connectivity index (χ4v) is 2.52. The van der Waals surface area contributed by atoms with Gasteiger partial charge in [-0.15, -0.1) is 10.2 Å². The van der Waals surface area contributed by atoms with Crippen molar-refractivity contribution in [3.05, 3.63) is 17.8 Å². The average molecular weight is 277 g/mol. The van der Waals surface area contributed by atoms with Crippen LogP contribution in [0.5, 0.6) is 0 Å². The van der Waals surface area contributed by atoms with Crippen LogP contribution in [0.4, 0.5) is 5.82 Å². The molecule has 1 amide bonds. The minimum absolute atomic E-state index is 0.194. The van der Waals surface area contributed by atoms with Crippen LogP contribution in [0.1, 0.15) is 43.1 Å². The maximum atomic E-state index is 11.6. The molecule has 0 aromatic carbocycles. The van der Waals surface area contributed by atoms with Crippen molar-refractivity contribution in [2.45, 2.75) is 38.6 Å². The highest BCUT2D eigenvalue weighted by atomic mass is 16.1. The Morgan fingerprint density at radius 1 is 1.35 bits per heavy atom. The van der Waals surface area contributed by atoms with Gasteiger partial charge in [0.2, 0.25) is 0 Å². The van der Waals surface area contributed by atoms with Gasteiger partial charge in [0.1, 0.15) is 5.82 Å². The molecule has 6 heteroatoms. The van der Waals surface area contributed by atoms with Gasteiger partial charge in [0.25, 0.3) is 5.91 Å². The van der Waals surface area contributed by atoms with Gasteiger partial charge >= 0.3 is 0 Å². The van der Waals surface area contributed by atoms with Gasteiger partial charge in [-0.3, -0.25) is 4.79 Å². The number of hydrogen-bond acceptors (Lipinski definition) is 5. The van der Waals surface area contributed by atoms with Crippen LogP contribution >= 0.6 is 0 Å². The summed E-state index contributed by atoms with van der Waals surface area (Å²) < 4.78 is 0. The number of aromatic nitrogens is 2. The molecular formula is C14H23N5O. The summed E-state index contributed by atoms with van der Waals surface area (Å²) >= 11 is 0. The van der Waals surface area contributed by atoms with Gasteiger partial charge in [-0.25, -0.2) is 0 Å². The summed E-state index contributed by atoms with van der Waals surface area (Å²) in [5, 5.41) is 13.9. The van der Waals surface area contributed by atoms with Crippen LogP contribution in [0.3, 0.4) is 0 Å². The van der Waals surface area contributed by atoms with E-state index in [0.29, 0.717) is 24.0 Å². The van der Waals surface area contributed by atoms with Crippen LogP contribution in [0.15, 0.2) is 12.1 Å². The number of amides is 1. The molecule has 110 valence electrons. The predicted molar refractivity (Wildman–Crippen MR) is 78.5 cm³/mol. The second-order valence-electron chi connectivity index (χ2n) is 5.25. The van der Waals surface area contributed by atoms with Gasteiger partial charge in [-0.05, 0) is 37.8 Å². The van der Waals surface area contributed by atoms with Crippen LogP contribution in [-0.2, 0) is 0 Å². The second-order valence-corrected chi connectivity index (χ2v) is 5.25. The minimum Gasteiger partial charge on any atom is -0.368 e. The maximum absolute atomic E-state index is 11.6. The first-order chi connectivity index (χ1) is 9.70. The van der Waals surface area contributed by atoms with E-state index in [-0.39, 0.29) is 11.9 Å². The zero-order chi connectivity index (χ0) is 14.4. The fraction of sp³-hybridized carbons (Fsp3) is 0.643. The Hall–Kier alpha value is -1.69. The highest BCUT2D eigenvalue weighted by molar-refractivity contribution is 5.92. The number of nitrogens with zero attached hydrogens (tertiary/aromatic N) is 2. The SMILES string of the molecule is CCNC(=O)c1ccc(NCC2CCCCC2N)nn1. The molecule has 1 aromatic heterocycles. The van der Waals surface area contributed by atoms with E-state index < -0.39 is 0 Å². The highest BCUT2D eigenvalue weighted by Gasteiger charge is 2.21. The smallest absolute Gasteiger partial charge is 0.271 e. The number of nitrogens with two attached hydrogens (primary N) is 1. The molecule has 6 nitrogen and oxygen atoms in total. The van der Waals surface area contributed by atoms with Gasteiger partial charge in [-0.2, -0.15) is 0 Å². The van der Waals surface area contributed by atoms with Crippen LogP contribution in [0.2, 0.25) is 0 Å². The number of nitrogens with one attached hydrogen (secondary N) is 2. The summed E-state index contributed by atoms with van der Waals surface area (Å²) in [7, 11) is 0. The summed E-state index contributed by atoms with van der Waals surface area (Å²) in [4.78, 5) is 11.6. The van der Waals surface area contributed by atoms with Gasteiger partial charge in [0, 0.05) is 19.1 Å². The highest BCUT2D eigenvalue weighted by Crippen LogP contribution is 2.23. The van der Waals surface area contributed by atoms with Gasteiger partial charge in [0.05, 0.1) is 0 Å². The van der Waals surface area contributed by atoms with Crippen molar-refractivity contribution in [3.8, 4) is 0 Å². The molecule has 1 aromatic rings. The monoisotopic (exact) mass is 277 g/mol. The molecule has 0 saturated heterocycles. The molecule has 0 radical (unpaired) electrons. The van der Waals surface area contributed by atoms with Crippen LogP contribution in [-0.4, -0.2) is 35.2 Å². The number of hydrogen-bond donors (Lipinski definition) is 3. The maximum Gasteiger partial charge on any atom is 0.271 e. The lowest BCUT2D eigenvalue weighted by Gasteiger charge is -2.28. The first-order valence-corrected chi connectivity index (χ1v) is 7.32. The van der Waals surface area contributed by atoms with E-state index in [1.165, 1.54) is 19.3 Å². The Bertz CT molecular complexity index is 434. The lowest BCUT2D eigenvalue weighted by atomic mass is 9.85. The van der Waals surface area contributed by atoms with E-state index in [4.69, 9.17) is 5.73 Å². The number of anilines is 1. The molecule has 1 aliphatic rings. The number of carbonyl (C=O) groups excluding carboxylic acids is 1. The standard InChI is InChI=1S/C14H23N5O/c1-2-16-14(20)12-7-8-13(19-18-12)17-9-10-5-3-4-6-11(10)15/h7-8,10-11H,2-6,9,15H2,1H3,(H,16,20)(H,17,19). The molecule has 20 heavy (non-hydrogen) atoms. The van der Waals surface area contributed by atoms with Gasteiger partial charge in [0.15, 0.2) is 5.69 Å². The largest absolute Gasteiger partial charge is 0.368 e. The van der Waals surface area contributed by atoms with Crippen molar-refractivity contribution in [2.24, 2.45) is 11.7 Å². The van der Waals surface area contributed by atoms with Crippen molar-refractivity contribution in [2.75, 3.05) is 18.4 Å². The number of carbonyl (C=O) groups is 1. The van der Waals surface area contributed by atoms with E-state index in [9.17, 15) is 4.79 Å². The van der Waals surface area contributed by atoms with Crippen molar-refractivity contribution in [1.82, 2.24) is 15.5 Å². The van der Waals surface area contributed by atoms with E-state index >= 15 is 0 Å².